The first-order chi connectivity index (χ1) is 9.68. The summed E-state index contributed by atoms with van der Waals surface area (Å²) < 4.78 is 12.8. The van der Waals surface area contributed by atoms with Crippen molar-refractivity contribution in [2.75, 3.05) is 0 Å². The minimum atomic E-state index is -0.910. The van der Waals surface area contributed by atoms with Gasteiger partial charge in [0.05, 0.1) is 6.42 Å². The molecule has 0 bridgehead atoms. The van der Waals surface area contributed by atoms with Crippen molar-refractivity contribution in [2.24, 2.45) is 5.41 Å². The van der Waals surface area contributed by atoms with Crippen molar-refractivity contribution < 1.29 is 19.1 Å². The normalized spacial score (nSPS) is 12.8. The number of carboxylic acid groups (broad SMARTS) is 1. The van der Waals surface area contributed by atoms with Gasteiger partial charge in [0.25, 0.3) is 0 Å². The van der Waals surface area contributed by atoms with Crippen molar-refractivity contribution >= 4 is 11.9 Å². The van der Waals surface area contributed by atoms with Gasteiger partial charge in [-0.15, -0.1) is 0 Å². The van der Waals surface area contributed by atoms with Crippen molar-refractivity contribution in [3.63, 3.8) is 0 Å². The van der Waals surface area contributed by atoms with E-state index in [1.54, 1.807) is 26.0 Å². The van der Waals surface area contributed by atoms with Crippen molar-refractivity contribution in [1.29, 1.82) is 0 Å². The molecule has 5 heteroatoms. The maximum atomic E-state index is 12.8. The molecular weight excluding hydrogens is 273 g/mol. The Balaban J connectivity index is 2.46. The Bertz CT molecular complexity index is 497. The van der Waals surface area contributed by atoms with Crippen LogP contribution in [0.25, 0.3) is 0 Å². The van der Waals surface area contributed by atoms with E-state index in [1.165, 1.54) is 12.1 Å². The number of hydrogen-bond acceptors (Lipinski definition) is 2. The van der Waals surface area contributed by atoms with Gasteiger partial charge in [0.2, 0.25) is 5.91 Å². The van der Waals surface area contributed by atoms with E-state index in [0.717, 1.165) is 5.56 Å². The molecule has 0 spiro atoms. The predicted octanol–water partition coefficient (Wildman–Crippen LogP) is 2.76. The summed E-state index contributed by atoms with van der Waals surface area (Å²) in [6.07, 6.45) is 0.713. The highest BCUT2D eigenvalue weighted by atomic mass is 19.1. The van der Waals surface area contributed by atoms with E-state index in [9.17, 15) is 14.0 Å². The zero-order valence-corrected chi connectivity index (χ0v) is 12.6. The Morgan fingerprint density at radius 3 is 2.33 bits per heavy atom. The highest BCUT2D eigenvalue weighted by Crippen LogP contribution is 2.24. The molecule has 0 aliphatic heterocycles. The van der Waals surface area contributed by atoms with Crippen LogP contribution in [0.5, 0.6) is 0 Å². The number of carboxylic acids is 1. The minimum absolute atomic E-state index is 0.0488. The lowest BCUT2D eigenvalue weighted by molar-refractivity contribution is -0.139. The first-order valence-electron chi connectivity index (χ1n) is 6.93. The summed E-state index contributed by atoms with van der Waals surface area (Å²) in [4.78, 5) is 22.7. The van der Waals surface area contributed by atoms with Crippen LogP contribution >= 0.6 is 0 Å². The second-order valence-corrected chi connectivity index (χ2v) is 6.21. The number of carbonyl (C=O) groups is 2. The molecule has 1 atom stereocenters. The number of carbonyl (C=O) groups excluding carboxylic acids is 1. The molecule has 0 heterocycles. The second-order valence-electron chi connectivity index (χ2n) is 6.21. The fourth-order valence-electron chi connectivity index (χ4n) is 2.26. The monoisotopic (exact) mass is 295 g/mol. The highest BCUT2D eigenvalue weighted by Gasteiger charge is 2.25. The smallest absolute Gasteiger partial charge is 0.303 e. The van der Waals surface area contributed by atoms with E-state index in [0.29, 0.717) is 6.42 Å². The molecule has 1 amide bonds. The molecule has 0 aliphatic carbocycles. The summed E-state index contributed by atoms with van der Waals surface area (Å²) in [6.45, 7) is 5.38. The maximum Gasteiger partial charge on any atom is 0.303 e. The van der Waals surface area contributed by atoms with Gasteiger partial charge in [0.1, 0.15) is 5.82 Å². The van der Waals surface area contributed by atoms with Gasteiger partial charge in [-0.3, -0.25) is 9.59 Å². The Labute approximate surface area is 124 Å². The van der Waals surface area contributed by atoms with E-state index in [4.69, 9.17) is 5.11 Å². The van der Waals surface area contributed by atoms with E-state index in [-0.39, 0.29) is 30.6 Å². The number of rotatable bonds is 7. The van der Waals surface area contributed by atoms with E-state index < -0.39 is 11.4 Å². The Hall–Kier alpha value is -1.91. The summed E-state index contributed by atoms with van der Waals surface area (Å²) >= 11 is 0. The minimum Gasteiger partial charge on any atom is -0.481 e. The molecule has 1 aromatic carbocycles. The third kappa shape index (κ3) is 6.88. The van der Waals surface area contributed by atoms with Crippen LogP contribution in [0.3, 0.4) is 0 Å². The zero-order chi connectivity index (χ0) is 16.0. The number of nitrogens with one attached hydrogen (secondary N) is 1. The van der Waals surface area contributed by atoms with E-state index >= 15 is 0 Å². The molecule has 21 heavy (non-hydrogen) atoms. The summed E-state index contributed by atoms with van der Waals surface area (Å²) in [5.74, 6) is -1.37. The summed E-state index contributed by atoms with van der Waals surface area (Å²) in [5.41, 5.74) is 0.361. The van der Waals surface area contributed by atoms with Gasteiger partial charge in [-0.2, -0.15) is 0 Å². The van der Waals surface area contributed by atoms with Crippen molar-refractivity contribution in [2.45, 2.75) is 46.1 Å². The maximum absolute atomic E-state index is 12.8. The summed E-state index contributed by atoms with van der Waals surface area (Å²) in [6, 6.07) is 6.06. The number of halogens is 1. The molecule has 0 aliphatic rings. The second kappa shape index (κ2) is 7.20. The number of aliphatic carboxylic acids is 1. The van der Waals surface area contributed by atoms with Crippen LogP contribution in [0, 0.1) is 11.2 Å². The molecule has 1 rings (SSSR count). The first kappa shape index (κ1) is 17.1. The van der Waals surface area contributed by atoms with E-state index in [2.05, 4.69) is 5.32 Å². The van der Waals surface area contributed by atoms with Gasteiger partial charge < -0.3 is 10.4 Å². The quantitative estimate of drug-likeness (QED) is 0.813. The standard InChI is InChI=1S/C16H22FNO3/c1-11(8-12-4-6-13(17)7-5-12)18-14(19)9-16(2,3)10-15(20)21/h4-7,11H,8-10H2,1-3H3,(H,18,19)(H,20,21). The molecule has 1 aromatic rings. The van der Waals surface area contributed by atoms with Crippen LogP contribution in [0.1, 0.15) is 39.2 Å². The van der Waals surface area contributed by atoms with Gasteiger partial charge in [0.15, 0.2) is 0 Å². The Morgan fingerprint density at radius 1 is 1.24 bits per heavy atom. The molecule has 0 fully saturated rings. The molecular formula is C16H22FNO3. The van der Waals surface area contributed by atoms with Gasteiger partial charge >= 0.3 is 5.97 Å². The van der Waals surface area contributed by atoms with Gasteiger partial charge in [-0.05, 0) is 36.5 Å². The van der Waals surface area contributed by atoms with Crippen LogP contribution in [0.2, 0.25) is 0 Å². The average molecular weight is 295 g/mol. The predicted molar refractivity (Wildman–Crippen MR) is 78.4 cm³/mol. The number of benzene rings is 1. The molecule has 116 valence electrons. The summed E-state index contributed by atoms with van der Waals surface area (Å²) in [5, 5.41) is 11.6. The molecule has 0 aromatic heterocycles. The highest BCUT2D eigenvalue weighted by molar-refractivity contribution is 5.78. The molecule has 0 saturated carbocycles. The zero-order valence-electron chi connectivity index (χ0n) is 12.6. The lowest BCUT2D eigenvalue weighted by atomic mass is 9.85. The van der Waals surface area contributed by atoms with Crippen molar-refractivity contribution in [3.05, 3.63) is 35.6 Å². The first-order valence-corrected chi connectivity index (χ1v) is 6.93. The molecule has 0 saturated heterocycles. The van der Waals surface area contributed by atoms with E-state index in [1.807, 2.05) is 6.92 Å². The van der Waals surface area contributed by atoms with Crippen LogP contribution in [-0.2, 0) is 16.0 Å². The molecule has 1 unspecified atom stereocenters. The largest absolute Gasteiger partial charge is 0.481 e. The average Bonchev–Trinajstić information content (AvgIpc) is 2.28. The Kier molecular flexibility index (Phi) is 5.88. The van der Waals surface area contributed by atoms with Gasteiger partial charge in [-0.1, -0.05) is 26.0 Å². The van der Waals surface area contributed by atoms with Crippen LogP contribution in [0.15, 0.2) is 24.3 Å². The SMILES string of the molecule is CC(Cc1ccc(F)cc1)NC(=O)CC(C)(C)CC(=O)O. The number of amides is 1. The number of hydrogen-bond donors (Lipinski definition) is 2. The molecule has 2 N–H and O–H groups in total. The van der Waals surface area contributed by atoms with Gasteiger partial charge in [-0.25, -0.2) is 4.39 Å². The fourth-order valence-corrected chi connectivity index (χ4v) is 2.26. The van der Waals surface area contributed by atoms with Crippen molar-refractivity contribution in [1.82, 2.24) is 5.32 Å². The third-order valence-electron chi connectivity index (χ3n) is 3.13. The summed E-state index contributed by atoms with van der Waals surface area (Å²) in [7, 11) is 0. The lowest BCUT2D eigenvalue weighted by Gasteiger charge is -2.23. The fraction of sp³-hybridized carbons (Fsp3) is 0.500. The van der Waals surface area contributed by atoms with Crippen LogP contribution in [0.4, 0.5) is 4.39 Å². The topological polar surface area (TPSA) is 66.4 Å². The molecule has 4 nitrogen and oxygen atoms in total. The van der Waals surface area contributed by atoms with Crippen LogP contribution in [-0.4, -0.2) is 23.0 Å². The van der Waals surface area contributed by atoms with Crippen molar-refractivity contribution in [3.8, 4) is 0 Å². The van der Waals surface area contributed by atoms with Gasteiger partial charge in [0, 0.05) is 12.5 Å². The Morgan fingerprint density at radius 2 is 1.81 bits per heavy atom. The molecule has 0 radical (unpaired) electrons. The van der Waals surface area contributed by atoms with Crippen LogP contribution < -0.4 is 5.32 Å². The third-order valence-corrected chi connectivity index (χ3v) is 3.13. The lowest BCUT2D eigenvalue weighted by Crippen LogP contribution is -2.37.